The fourth-order valence-corrected chi connectivity index (χ4v) is 3.69. The third kappa shape index (κ3) is 2.68. The van der Waals surface area contributed by atoms with E-state index >= 15 is 0 Å². The van der Waals surface area contributed by atoms with Crippen molar-refractivity contribution in [1.82, 2.24) is 15.0 Å². The Bertz CT molecular complexity index is 790. The predicted octanol–water partition coefficient (Wildman–Crippen LogP) is 2.23. The van der Waals surface area contributed by atoms with Gasteiger partial charge in [-0.15, -0.1) is 0 Å². The number of methoxy groups -OCH3 is 1. The molecule has 3 heterocycles. The van der Waals surface area contributed by atoms with Crippen molar-refractivity contribution in [3.05, 3.63) is 41.5 Å². The van der Waals surface area contributed by atoms with Crippen molar-refractivity contribution < 1.29 is 18.8 Å². The normalized spacial score (nSPS) is 28.0. The number of aryl methyl sites for hydroxylation is 1. The first-order valence-electron chi connectivity index (χ1n) is 8.47. The molecule has 25 heavy (non-hydrogen) atoms. The van der Waals surface area contributed by atoms with Crippen LogP contribution in [-0.4, -0.2) is 46.8 Å². The SMILES string of the molecule is CO[C@@H]1C[C@H](c2nc(C)no2)N(C(=O)[C@@H]2Oc3ccccc3[C@H]2C)C1. The van der Waals surface area contributed by atoms with E-state index in [9.17, 15) is 4.79 Å². The van der Waals surface area contributed by atoms with Gasteiger partial charge in [-0.05, 0) is 13.0 Å². The number of carbonyl (C=O) groups excluding carboxylic acids is 1. The van der Waals surface area contributed by atoms with Crippen molar-refractivity contribution in [3.63, 3.8) is 0 Å². The number of likely N-dealkylation sites (tertiary alicyclic amines) is 1. The largest absolute Gasteiger partial charge is 0.480 e. The number of para-hydroxylation sites is 1. The predicted molar refractivity (Wildman–Crippen MR) is 88.2 cm³/mol. The first kappa shape index (κ1) is 16.1. The summed E-state index contributed by atoms with van der Waals surface area (Å²) >= 11 is 0. The van der Waals surface area contributed by atoms with Crippen LogP contribution in [0.4, 0.5) is 0 Å². The number of hydrogen-bond acceptors (Lipinski definition) is 6. The molecular weight excluding hydrogens is 322 g/mol. The molecule has 1 fully saturated rings. The molecule has 1 amide bonds. The Balaban J connectivity index is 1.60. The highest BCUT2D eigenvalue weighted by Gasteiger charge is 2.46. The minimum Gasteiger partial charge on any atom is -0.480 e. The van der Waals surface area contributed by atoms with Crippen LogP contribution in [0.25, 0.3) is 0 Å². The highest BCUT2D eigenvalue weighted by Crippen LogP contribution is 2.41. The minimum absolute atomic E-state index is 0.00429. The minimum atomic E-state index is -0.542. The summed E-state index contributed by atoms with van der Waals surface area (Å²) in [4.78, 5) is 19.3. The molecule has 7 nitrogen and oxygen atoms in total. The summed E-state index contributed by atoms with van der Waals surface area (Å²) in [6, 6.07) is 7.51. The third-order valence-electron chi connectivity index (χ3n) is 5.07. The van der Waals surface area contributed by atoms with Crippen LogP contribution in [0.2, 0.25) is 0 Å². The summed E-state index contributed by atoms with van der Waals surface area (Å²) in [5.41, 5.74) is 1.06. The summed E-state index contributed by atoms with van der Waals surface area (Å²) in [6.45, 7) is 4.27. The summed E-state index contributed by atoms with van der Waals surface area (Å²) in [6.07, 6.45) is 0.0394. The molecule has 0 saturated carbocycles. The molecule has 1 saturated heterocycles. The van der Waals surface area contributed by atoms with Gasteiger partial charge in [0.25, 0.3) is 5.91 Å². The first-order chi connectivity index (χ1) is 12.1. The van der Waals surface area contributed by atoms with E-state index in [4.69, 9.17) is 14.0 Å². The number of rotatable bonds is 3. The zero-order chi connectivity index (χ0) is 17.6. The van der Waals surface area contributed by atoms with Gasteiger partial charge in [0.05, 0.1) is 6.10 Å². The molecule has 1 aromatic carbocycles. The number of nitrogens with zero attached hydrogens (tertiary/aromatic N) is 3. The third-order valence-corrected chi connectivity index (χ3v) is 5.07. The second kappa shape index (κ2) is 6.15. The molecule has 7 heteroatoms. The molecule has 0 unspecified atom stereocenters. The molecule has 4 rings (SSSR count). The Morgan fingerprint density at radius 1 is 1.36 bits per heavy atom. The molecule has 4 atom stereocenters. The number of amides is 1. The zero-order valence-electron chi connectivity index (χ0n) is 14.5. The molecule has 1 aromatic heterocycles. The maximum Gasteiger partial charge on any atom is 0.265 e. The van der Waals surface area contributed by atoms with Crippen LogP contribution in [0.3, 0.4) is 0 Å². The monoisotopic (exact) mass is 343 g/mol. The Labute approximate surface area is 145 Å². The summed E-state index contributed by atoms with van der Waals surface area (Å²) in [5.74, 6) is 1.72. The lowest BCUT2D eigenvalue weighted by molar-refractivity contribution is -0.140. The van der Waals surface area contributed by atoms with Crippen LogP contribution in [0.15, 0.2) is 28.8 Å². The first-order valence-corrected chi connectivity index (χ1v) is 8.47. The van der Waals surface area contributed by atoms with Crippen molar-refractivity contribution in [3.8, 4) is 5.75 Å². The van der Waals surface area contributed by atoms with Gasteiger partial charge in [0, 0.05) is 31.6 Å². The molecule has 2 aliphatic heterocycles. The van der Waals surface area contributed by atoms with Crippen LogP contribution in [0.1, 0.15) is 42.6 Å². The smallest absolute Gasteiger partial charge is 0.265 e. The van der Waals surface area contributed by atoms with Gasteiger partial charge in [-0.3, -0.25) is 4.79 Å². The standard InChI is InChI=1S/C18H21N3O4/c1-10-13-6-4-5-7-15(13)24-16(10)18(22)21-9-12(23-3)8-14(21)17-19-11(2)20-25-17/h4-7,10,12,14,16H,8-9H2,1-3H3/t10-,12-,14-,16-/m1/s1. The maximum atomic E-state index is 13.2. The second-order valence-corrected chi connectivity index (χ2v) is 6.64. The average molecular weight is 343 g/mol. The molecule has 0 spiro atoms. The zero-order valence-corrected chi connectivity index (χ0v) is 14.5. The van der Waals surface area contributed by atoms with Crippen molar-refractivity contribution in [2.75, 3.05) is 13.7 Å². The molecule has 2 aliphatic rings. The molecule has 2 aromatic rings. The summed E-state index contributed by atoms with van der Waals surface area (Å²) < 4.78 is 16.8. The van der Waals surface area contributed by atoms with Crippen LogP contribution < -0.4 is 4.74 Å². The quantitative estimate of drug-likeness (QED) is 0.850. The second-order valence-electron chi connectivity index (χ2n) is 6.64. The molecule has 0 aliphatic carbocycles. The number of carbonyl (C=O) groups is 1. The molecular formula is C18H21N3O4. The van der Waals surface area contributed by atoms with Gasteiger partial charge in [-0.2, -0.15) is 4.98 Å². The van der Waals surface area contributed by atoms with Crippen molar-refractivity contribution in [2.45, 2.75) is 44.4 Å². The number of fused-ring (bicyclic) bond motifs is 1. The van der Waals surface area contributed by atoms with E-state index in [-0.39, 0.29) is 24.0 Å². The maximum absolute atomic E-state index is 13.2. The van der Waals surface area contributed by atoms with Crippen LogP contribution in [0, 0.1) is 6.92 Å². The van der Waals surface area contributed by atoms with E-state index in [0.29, 0.717) is 24.7 Å². The number of ether oxygens (including phenoxy) is 2. The van der Waals surface area contributed by atoms with E-state index in [1.807, 2.05) is 31.2 Å². The Hall–Kier alpha value is -2.41. The fourth-order valence-electron chi connectivity index (χ4n) is 3.69. The lowest BCUT2D eigenvalue weighted by atomic mass is 9.96. The van der Waals surface area contributed by atoms with Crippen molar-refractivity contribution >= 4 is 5.91 Å². The summed E-state index contributed by atoms with van der Waals surface area (Å²) in [5, 5.41) is 3.85. The number of benzene rings is 1. The van der Waals surface area contributed by atoms with E-state index in [1.54, 1.807) is 18.9 Å². The van der Waals surface area contributed by atoms with Crippen LogP contribution in [-0.2, 0) is 9.53 Å². The molecule has 0 bridgehead atoms. The number of aromatic nitrogens is 2. The Morgan fingerprint density at radius 2 is 2.16 bits per heavy atom. The molecule has 0 radical (unpaired) electrons. The fraction of sp³-hybridized carbons (Fsp3) is 0.500. The van der Waals surface area contributed by atoms with Gasteiger partial charge < -0.3 is 18.9 Å². The van der Waals surface area contributed by atoms with Gasteiger partial charge in [-0.25, -0.2) is 0 Å². The van der Waals surface area contributed by atoms with E-state index in [2.05, 4.69) is 10.1 Å². The van der Waals surface area contributed by atoms with Crippen LogP contribution >= 0.6 is 0 Å². The van der Waals surface area contributed by atoms with Crippen LogP contribution in [0.5, 0.6) is 5.75 Å². The van der Waals surface area contributed by atoms with Gasteiger partial charge in [-0.1, -0.05) is 30.3 Å². The Morgan fingerprint density at radius 3 is 2.84 bits per heavy atom. The number of hydrogen-bond donors (Lipinski definition) is 0. The molecule has 132 valence electrons. The lowest BCUT2D eigenvalue weighted by Crippen LogP contribution is -2.42. The lowest BCUT2D eigenvalue weighted by Gasteiger charge is -2.26. The highest BCUT2D eigenvalue weighted by atomic mass is 16.5. The van der Waals surface area contributed by atoms with E-state index in [1.165, 1.54) is 0 Å². The van der Waals surface area contributed by atoms with Crippen molar-refractivity contribution in [1.29, 1.82) is 0 Å². The van der Waals surface area contributed by atoms with Gasteiger partial charge >= 0.3 is 0 Å². The summed E-state index contributed by atoms with van der Waals surface area (Å²) in [7, 11) is 1.65. The van der Waals surface area contributed by atoms with E-state index < -0.39 is 6.10 Å². The van der Waals surface area contributed by atoms with Gasteiger partial charge in [0.15, 0.2) is 11.9 Å². The Kier molecular flexibility index (Phi) is 3.95. The average Bonchev–Trinajstić information content (AvgIpc) is 3.31. The van der Waals surface area contributed by atoms with E-state index in [0.717, 1.165) is 11.3 Å². The molecule has 0 N–H and O–H groups in total. The topological polar surface area (TPSA) is 77.7 Å². The van der Waals surface area contributed by atoms with Gasteiger partial charge in [0.1, 0.15) is 11.8 Å². The van der Waals surface area contributed by atoms with Gasteiger partial charge in [0.2, 0.25) is 5.89 Å². The van der Waals surface area contributed by atoms with Crippen molar-refractivity contribution in [2.24, 2.45) is 0 Å². The highest BCUT2D eigenvalue weighted by molar-refractivity contribution is 5.84.